The Morgan fingerprint density at radius 1 is 1.04 bits per heavy atom. The van der Waals surface area contributed by atoms with Crippen molar-refractivity contribution in [1.82, 2.24) is 15.8 Å². The van der Waals surface area contributed by atoms with Gasteiger partial charge in [-0.25, -0.2) is 5.01 Å². The maximum absolute atomic E-state index is 13.7. The van der Waals surface area contributed by atoms with Gasteiger partial charge in [0.1, 0.15) is 5.66 Å². The first-order valence-electron chi connectivity index (χ1n) is 10.8. The molecule has 5 heteroatoms. The van der Waals surface area contributed by atoms with Crippen LogP contribution in [0.3, 0.4) is 0 Å². The van der Waals surface area contributed by atoms with Crippen molar-refractivity contribution < 1.29 is 9.59 Å². The molecule has 2 N–H and O–H groups in total. The van der Waals surface area contributed by atoms with Crippen molar-refractivity contribution in [1.29, 1.82) is 0 Å². The molecule has 1 aromatic rings. The third-order valence-corrected chi connectivity index (χ3v) is 8.06. The van der Waals surface area contributed by atoms with Gasteiger partial charge in [-0.1, -0.05) is 54.8 Å². The van der Waals surface area contributed by atoms with Crippen LogP contribution in [0.25, 0.3) is 0 Å². The Hall–Kier alpha value is -2.14. The predicted molar refractivity (Wildman–Crippen MR) is 104 cm³/mol. The van der Waals surface area contributed by atoms with Gasteiger partial charge in [-0.05, 0) is 43.6 Å². The standard InChI is InChI=1S/C23H27N3O2/c1-13-6-10-16(11-7-13)23-18-5-3-2-4-17(18)21(27)25-26(23)22(28)19-14-8-9-15(12-14)20(19)24-23/h6-11,14-15,17-20,24H,2-5,12H2,1H3,(H,25,27)/t14-,15+,17-,18-,19+,20-,23-/m0/s1. The molecule has 5 aliphatic rings. The Bertz CT molecular complexity index is 878. The lowest BCUT2D eigenvalue weighted by Crippen LogP contribution is -2.80. The molecular weight excluding hydrogens is 350 g/mol. The Kier molecular flexibility index (Phi) is 3.41. The lowest BCUT2D eigenvalue weighted by atomic mass is 9.65. The van der Waals surface area contributed by atoms with E-state index in [9.17, 15) is 9.59 Å². The summed E-state index contributed by atoms with van der Waals surface area (Å²) in [6.45, 7) is 2.08. The predicted octanol–water partition coefficient (Wildman–Crippen LogP) is 2.62. The number of hydrazine groups is 1. The first kappa shape index (κ1) is 16.8. The second kappa shape index (κ2) is 5.69. The van der Waals surface area contributed by atoms with E-state index >= 15 is 0 Å². The van der Waals surface area contributed by atoms with E-state index in [-0.39, 0.29) is 35.6 Å². The summed E-state index contributed by atoms with van der Waals surface area (Å²) in [4.78, 5) is 26.7. The van der Waals surface area contributed by atoms with E-state index in [1.54, 1.807) is 5.01 Å². The zero-order valence-corrected chi connectivity index (χ0v) is 16.2. The first-order chi connectivity index (χ1) is 13.6. The SMILES string of the molecule is Cc1ccc([C@]23N[C@@H]4[C@H](C(=O)N2NC(=O)[C@H]2CCCC[C@@H]23)[C@H]2C=C[C@@H]4C2)cc1. The summed E-state index contributed by atoms with van der Waals surface area (Å²) < 4.78 is 0. The van der Waals surface area contributed by atoms with Crippen LogP contribution < -0.4 is 10.7 Å². The molecule has 2 aliphatic heterocycles. The number of nitrogens with one attached hydrogen (secondary N) is 2. The van der Waals surface area contributed by atoms with Crippen LogP contribution in [0.1, 0.15) is 43.2 Å². The lowest BCUT2D eigenvalue weighted by molar-refractivity contribution is -0.192. The summed E-state index contributed by atoms with van der Waals surface area (Å²) >= 11 is 0. The van der Waals surface area contributed by atoms with E-state index in [2.05, 4.69) is 54.1 Å². The molecule has 28 heavy (non-hydrogen) atoms. The van der Waals surface area contributed by atoms with E-state index in [0.717, 1.165) is 37.7 Å². The van der Waals surface area contributed by atoms with Crippen molar-refractivity contribution >= 4 is 11.8 Å². The number of amides is 2. The van der Waals surface area contributed by atoms with Gasteiger partial charge >= 0.3 is 0 Å². The molecule has 2 heterocycles. The van der Waals surface area contributed by atoms with Gasteiger partial charge in [0.05, 0.1) is 5.92 Å². The van der Waals surface area contributed by atoms with Gasteiger partial charge in [-0.15, -0.1) is 0 Å². The first-order valence-corrected chi connectivity index (χ1v) is 10.8. The quantitative estimate of drug-likeness (QED) is 0.740. The van der Waals surface area contributed by atoms with Gasteiger partial charge < -0.3 is 0 Å². The zero-order valence-electron chi connectivity index (χ0n) is 16.2. The van der Waals surface area contributed by atoms with Crippen LogP contribution in [0.4, 0.5) is 0 Å². The molecule has 0 unspecified atom stereocenters. The van der Waals surface area contributed by atoms with Gasteiger partial charge in [0, 0.05) is 17.9 Å². The van der Waals surface area contributed by atoms with Crippen LogP contribution in [-0.4, -0.2) is 22.9 Å². The minimum Gasteiger partial charge on any atom is -0.285 e. The van der Waals surface area contributed by atoms with Gasteiger partial charge in [-0.3, -0.25) is 20.3 Å². The average Bonchev–Trinajstić information content (AvgIpc) is 3.32. The highest BCUT2D eigenvalue weighted by molar-refractivity contribution is 5.89. The minimum absolute atomic E-state index is 0.0275. The second-order valence-corrected chi connectivity index (χ2v) is 9.42. The lowest BCUT2D eigenvalue weighted by Gasteiger charge is -2.60. The number of carbonyl (C=O) groups excluding carboxylic acids is 2. The van der Waals surface area contributed by atoms with Crippen LogP contribution in [0.2, 0.25) is 0 Å². The van der Waals surface area contributed by atoms with Crippen LogP contribution in [0.5, 0.6) is 0 Å². The average molecular weight is 377 g/mol. The number of fused-ring (bicyclic) bond motifs is 8. The number of hydrogen-bond acceptors (Lipinski definition) is 3. The van der Waals surface area contributed by atoms with Crippen molar-refractivity contribution in [3.8, 4) is 0 Å². The van der Waals surface area contributed by atoms with Gasteiger partial charge in [0.2, 0.25) is 11.8 Å². The van der Waals surface area contributed by atoms with E-state index in [1.807, 2.05) is 0 Å². The summed E-state index contributed by atoms with van der Waals surface area (Å²) in [6, 6.07) is 8.70. The Balaban J connectivity index is 1.54. The maximum Gasteiger partial charge on any atom is 0.248 e. The molecule has 146 valence electrons. The Morgan fingerprint density at radius 2 is 1.79 bits per heavy atom. The van der Waals surface area contributed by atoms with Gasteiger partial charge in [0.25, 0.3) is 0 Å². The summed E-state index contributed by atoms with van der Waals surface area (Å²) in [5.74, 6) is 0.866. The highest BCUT2D eigenvalue weighted by atomic mass is 16.2. The van der Waals surface area contributed by atoms with Crippen LogP contribution >= 0.6 is 0 Å². The van der Waals surface area contributed by atoms with E-state index in [1.165, 1.54) is 5.56 Å². The molecule has 6 rings (SSSR count). The third kappa shape index (κ3) is 2.00. The highest BCUT2D eigenvalue weighted by Gasteiger charge is 2.65. The molecule has 2 saturated carbocycles. The molecule has 2 amide bonds. The smallest absolute Gasteiger partial charge is 0.248 e. The number of aryl methyl sites for hydroxylation is 1. The molecule has 3 aliphatic carbocycles. The van der Waals surface area contributed by atoms with E-state index < -0.39 is 5.66 Å². The molecule has 1 aromatic carbocycles. The summed E-state index contributed by atoms with van der Waals surface area (Å²) in [7, 11) is 0. The molecule has 5 nitrogen and oxygen atoms in total. The topological polar surface area (TPSA) is 61.4 Å². The molecule has 2 saturated heterocycles. The summed E-state index contributed by atoms with van der Waals surface area (Å²) in [5, 5.41) is 5.70. The Morgan fingerprint density at radius 3 is 2.61 bits per heavy atom. The second-order valence-electron chi connectivity index (χ2n) is 9.42. The number of nitrogens with zero attached hydrogens (tertiary/aromatic N) is 1. The largest absolute Gasteiger partial charge is 0.285 e. The molecule has 0 radical (unpaired) electrons. The number of allylic oxidation sites excluding steroid dienone is 1. The van der Waals surface area contributed by atoms with Crippen molar-refractivity contribution in [2.45, 2.75) is 50.7 Å². The molecule has 2 bridgehead atoms. The monoisotopic (exact) mass is 377 g/mol. The van der Waals surface area contributed by atoms with Crippen LogP contribution in [0, 0.1) is 36.5 Å². The molecule has 0 aromatic heterocycles. The minimum atomic E-state index is -0.636. The molecule has 7 atom stereocenters. The van der Waals surface area contributed by atoms with Crippen molar-refractivity contribution in [3.63, 3.8) is 0 Å². The number of benzene rings is 1. The van der Waals surface area contributed by atoms with Gasteiger partial charge in [-0.2, -0.15) is 0 Å². The fraction of sp³-hybridized carbons (Fsp3) is 0.565. The fourth-order valence-electron chi connectivity index (χ4n) is 6.79. The van der Waals surface area contributed by atoms with Crippen LogP contribution in [-0.2, 0) is 15.3 Å². The van der Waals surface area contributed by atoms with Crippen molar-refractivity contribution in [2.24, 2.45) is 29.6 Å². The number of rotatable bonds is 1. The fourth-order valence-corrected chi connectivity index (χ4v) is 6.79. The molecule has 4 fully saturated rings. The van der Waals surface area contributed by atoms with Crippen LogP contribution in [0.15, 0.2) is 36.4 Å². The third-order valence-electron chi connectivity index (χ3n) is 8.06. The molecule has 0 spiro atoms. The number of carbonyl (C=O) groups is 2. The van der Waals surface area contributed by atoms with Crippen molar-refractivity contribution in [2.75, 3.05) is 0 Å². The van der Waals surface area contributed by atoms with Crippen molar-refractivity contribution in [3.05, 3.63) is 47.5 Å². The normalized spacial score (nSPS) is 43.4. The molecular formula is C23H27N3O2. The zero-order chi connectivity index (χ0) is 19.0. The Labute approximate surface area is 165 Å². The summed E-state index contributed by atoms with van der Waals surface area (Å²) in [6.07, 6.45) is 9.65. The van der Waals surface area contributed by atoms with E-state index in [4.69, 9.17) is 0 Å². The highest BCUT2D eigenvalue weighted by Crippen LogP contribution is 2.54. The summed E-state index contributed by atoms with van der Waals surface area (Å²) in [5.41, 5.74) is 4.72. The van der Waals surface area contributed by atoms with Gasteiger partial charge in [0.15, 0.2) is 0 Å². The van der Waals surface area contributed by atoms with E-state index in [0.29, 0.717) is 11.8 Å². The number of hydrogen-bond donors (Lipinski definition) is 2. The maximum atomic E-state index is 13.7.